The first-order chi connectivity index (χ1) is 5.27. The molecular formula is C9H16N2. The normalized spacial score (nSPS) is 33.2. The van der Waals surface area contributed by atoms with E-state index in [-0.39, 0.29) is 5.92 Å². The van der Waals surface area contributed by atoms with Gasteiger partial charge in [-0.2, -0.15) is 5.26 Å². The highest BCUT2D eigenvalue weighted by Crippen LogP contribution is 2.20. The van der Waals surface area contributed by atoms with E-state index in [9.17, 15) is 0 Å². The molecule has 1 fully saturated rings. The number of nitriles is 1. The van der Waals surface area contributed by atoms with Crippen molar-refractivity contribution in [3.05, 3.63) is 0 Å². The number of hydrogen-bond acceptors (Lipinski definition) is 2. The van der Waals surface area contributed by atoms with Crippen molar-refractivity contribution in [3.63, 3.8) is 0 Å². The fourth-order valence-electron chi connectivity index (χ4n) is 1.73. The molecule has 0 radical (unpaired) electrons. The van der Waals surface area contributed by atoms with Crippen molar-refractivity contribution in [2.24, 2.45) is 5.92 Å². The zero-order valence-electron chi connectivity index (χ0n) is 7.38. The first kappa shape index (κ1) is 8.55. The Kier molecular flexibility index (Phi) is 2.90. The largest absolute Gasteiger partial charge is 0.300 e. The first-order valence-electron chi connectivity index (χ1n) is 4.41. The molecule has 0 N–H and O–H groups in total. The molecule has 11 heavy (non-hydrogen) atoms. The van der Waals surface area contributed by atoms with Gasteiger partial charge in [0.25, 0.3) is 0 Å². The second kappa shape index (κ2) is 3.73. The molecule has 0 amide bonds. The average molecular weight is 152 g/mol. The first-order valence-corrected chi connectivity index (χ1v) is 4.41. The van der Waals surface area contributed by atoms with Gasteiger partial charge in [0.2, 0.25) is 0 Å². The number of piperidine rings is 1. The van der Waals surface area contributed by atoms with Crippen LogP contribution >= 0.6 is 0 Å². The lowest BCUT2D eigenvalue weighted by atomic mass is 9.95. The second-order valence-corrected chi connectivity index (χ2v) is 3.34. The molecule has 0 aromatic heterocycles. The summed E-state index contributed by atoms with van der Waals surface area (Å²) in [6.45, 7) is 6.47. The minimum Gasteiger partial charge on any atom is -0.300 e. The molecule has 1 aliphatic rings. The van der Waals surface area contributed by atoms with E-state index in [1.807, 2.05) is 0 Å². The van der Waals surface area contributed by atoms with Crippen LogP contribution in [-0.2, 0) is 0 Å². The maximum Gasteiger partial charge on any atom is 0.0669 e. The molecule has 2 nitrogen and oxygen atoms in total. The molecule has 0 bridgehead atoms. The molecule has 0 aromatic rings. The van der Waals surface area contributed by atoms with Gasteiger partial charge in [-0.05, 0) is 26.3 Å². The topological polar surface area (TPSA) is 27.0 Å². The Morgan fingerprint density at radius 2 is 2.27 bits per heavy atom. The zero-order valence-corrected chi connectivity index (χ0v) is 7.38. The summed E-state index contributed by atoms with van der Waals surface area (Å²) in [5.74, 6) is 0.283. The van der Waals surface area contributed by atoms with Gasteiger partial charge in [0.15, 0.2) is 0 Å². The highest BCUT2D eigenvalue weighted by molar-refractivity contribution is 4.90. The summed E-state index contributed by atoms with van der Waals surface area (Å²) in [5, 5.41) is 8.71. The van der Waals surface area contributed by atoms with E-state index >= 15 is 0 Å². The smallest absolute Gasteiger partial charge is 0.0669 e. The fourth-order valence-corrected chi connectivity index (χ4v) is 1.73. The minimum absolute atomic E-state index is 0.283. The average Bonchev–Trinajstić information content (AvgIpc) is 2.05. The second-order valence-electron chi connectivity index (χ2n) is 3.34. The van der Waals surface area contributed by atoms with Gasteiger partial charge in [-0.15, -0.1) is 0 Å². The monoisotopic (exact) mass is 152 g/mol. The van der Waals surface area contributed by atoms with Crippen molar-refractivity contribution in [1.82, 2.24) is 4.90 Å². The lowest BCUT2D eigenvalue weighted by Gasteiger charge is -2.34. The summed E-state index contributed by atoms with van der Waals surface area (Å²) < 4.78 is 0. The van der Waals surface area contributed by atoms with Crippen molar-refractivity contribution < 1.29 is 0 Å². The molecular weight excluding hydrogens is 136 g/mol. The van der Waals surface area contributed by atoms with Crippen LogP contribution in [0.15, 0.2) is 0 Å². The predicted molar refractivity (Wildman–Crippen MR) is 45.0 cm³/mol. The van der Waals surface area contributed by atoms with Gasteiger partial charge < -0.3 is 0 Å². The number of nitrogens with zero attached hydrogens (tertiary/aromatic N) is 2. The highest BCUT2D eigenvalue weighted by Gasteiger charge is 2.23. The summed E-state index contributed by atoms with van der Waals surface area (Å²) in [6.07, 6.45) is 2.28. The molecule has 1 aliphatic heterocycles. The molecule has 1 saturated heterocycles. The summed E-state index contributed by atoms with van der Waals surface area (Å²) >= 11 is 0. The van der Waals surface area contributed by atoms with E-state index in [2.05, 4.69) is 24.8 Å². The Morgan fingerprint density at radius 1 is 1.55 bits per heavy atom. The summed E-state index contributed by atoms with van der Waals surface area (Å²) in [4.78, 5) is 2.39. The van der Waals surface area contributed by atoms with Crippen LogP contribution in [0.25, 0.3) is 0 Å². The molecule has 2 heteroatoms. The maximum absolute atomic E-state index is 8.71. The van der Waals surface area contributed by atoms with Crippen LogP contribution in [0.2, 0.25) is 0 Å². The Hall–Kier alpha value is -0.550. The molecule has 0 aromatic carbocycles. The molecule has 0 aliphatic carbocycles. The maximum atomic E-state index is 8.71. The molecule has 0 unspecified atom stereocenters. The van der Waals surface area contributed by atoms with E-state index in [1.54, 1.807) is 0 Å². The van der Waals surface area contributed by atoms with Crippen molar-refractivity contribution >= 4 is 0 Å². The third-order valence-corrected chi connectivity index (χ3v) is 2.60. The zero-order chi connectivity index (χ0) is 8.27. The van der Waals surface area contributed by atoms with Gasteiger partial charge in [0, 0.05) is 12.6 Å². The van der Waals surface area contributed by atoms with Gasteiger partial charge in [-0.1, -0.05) is 6.92 Å². The van der Waals surface area contributed by atoms with Gasteiger partial charge in [-0.3, -0.25) is 4.90 Å². The minimum atomic E-state index is 0.283. The molecule has 2 atom stereocenters. The van der Waals surface area contributed by atoms with Crippen molar-refractivity contribution in [3.8, 4) is 6.07 Å². The van der Waals surface area contributed by atoms with E-state index in [0.29, 0.717) is 6.04 Å². The lowest BCUT2D eigenvalue weighted by molar-refractivity contribution is 0.145. The standard InChI is InChI=1S/C9H16N2/c1-3-11-7-9(6-10)5-4-8(11)2/h8-9H,3-5,7H2,1-2H3/t8-,9+/m0/s1. The molecule has 0 spiro atoms. The fraction of sp³-hybridized carbons (Fsp3) is 0.889. The third-order valence-electron chi connectivity index (χ3n) is 2.60. The van der Waals surface area contributed by atoms with Gasteiger partial charge >= 0.3 is 0 Å². The van der Waals surface area contributed by atoms with Crippen LogP contribution in [0.4, 0.5) is 0 Å². The molecule has 1 rings (SSSR count). The Morgan fingerprint density at radius 3 is 2.82 bits per heavy atom. The molecule has 0 saturated carbocycles. The molecule has 1 heterocycles. The van der Waals surface area contributed by atoms with Gasteiger partial charge in [-0.25, -0.2) is 0 Å². The number of hydrogen-bond donors (Lipinski definition) is 0. The lowest BCUT2D eigenvalue weighted by Crippen LogP contribution is -2.41. The van der Waals surface area contributed by atoms with Gasteiger partial charge in [0.05, 0.1) is 12.0 Å². The highest BCUT2D eigenvalue weighted by atomic mass is 15.2. The summed E-state index contributed by atoms with van der Waals surface area (Å²) in [6, 6.07) is 3.03. The van der Waals surface area contributed by atoms with E-state index < -0.39 is 0 Å². The van der Waals surface area contributed by atoms with Crippen LogP contribution in [0, 0.1) is 17.2 Å². The Labute approximate surface area is 68.8 Å². The van der Waals surface area contributed by atoms with E-state index in [0.717, 1.165) is 19.5 Å². The quantitative estimate of drug-likeness (QED) is 0.571. The number of likely N-dealkylation sites (tertiary alicyclic amines) is 1. The van der Waals surface area contributed by atoms with E-state index in [1.165, 1.54) is 6.42 Å². The van der Waals surface area contributed by atoms with Crippen molar-refractivity contribution in [2.75, 3.05) is 13.1 Å². The third kappa shape index (κ3) is 1.94. The van der Waals surface area contributed by atoms with Crippen LogP contribution in [0.5, 0.6) is 0 Å². The van der Waals surface area contributed by atoms with E-state index in [4.69, 9.17) is 5.26 Å². The predicted octanol–water partition coefficient (Wildman–Crippen LogP) is 1.63. The Bertz CT molecular complexity index is 159. The van der Waals surface area contributed by atoms with Crippen molar-refractivity contribution in [1.29, 1.82) is 5.26 Å². The van der Waals surface area contributed by atoms with Crippen LogP contribution in [0.1, 0.15) is 26.7 Å². The summed E-state index contributed by atoms with van der Waals surface area (Å²) in [5.41, 5.74) is 0. The number of rotatable bonds is 1. The Balaban J connectivity index is 2.45. The van der Waals surface area contributed by atoms with Crippen molar-refractivity contribution in [2.45, 2.75) is 32.7 Å². The summed E-state index contributed by atoms with van der Waals surface area (Å²) in [7, 11) is 0. The van der Waals surface area contributed by atoms with Crippen LogP contribution < -0.4 is 0 Å². The molecule has 62 valence electrons. The van der Waals surface area contributed by atoms with Crippen LogP contribution in [0.3, 0.4) is 0 Å². The SMILES string of the molecule is CCN1C[C@@H](C#N)CC[C@@H]1C. The van der Waals surface area contributed by atoms with Crippen LogP contribution in [-0.4, -0.2) is 24.0 Å². The van der Waals surface area contributed by atoms with Gasteiger partial charge in [0.1, 0.15) is 0 Å².